The van der Waals surface area contributed by atoms with Gasteiger partial charge in [-0.15, -0.1) is 0 Å². The molecule has 0 aliphatic rings. The van der Waals surface area contributed by atoms with Gasteiger partial charge in [-0.3, -0.25) is 0 Å². The first-order chi connectivity index (χ1) is 17.5. The second-order valence-corrected chi connectivity index (χ2v) is 9.58. The first-order valence-corrected chi connectivity index (χ1v) is 12.8. The van der Waals surface area contributed by atoms with E-state index >= 15 is 0 Å². The van der Waals surface area contributed by atoms with Crippen molar-refractivity contribution in [3.63, 3.8) is 0 Å². The zero-order valence-electron chi connectivity index (χ0n) is 18.7. The zero-order valence-corrected chi connectivity index (χ0v) is 20.3. The molecule has 4 rings (SSSR count). The predicted molar refractivity (Wildman–Crippen MR) is 137 cm³/mol. The van der Waals surface area contributed by atoms with Gasteiger partial charge in [0.2, 0.25) is 0 Å². The number of hydrogen-bond donors (Lipinski definition) is 0. The molecule has 178 valence electrons. The maximum Gasteiger partial charge on any atom is 0.346 e. The fourth-order valence-corrected chi connectivity index (χ4v) is 4.87. The first-order valence-electron chi connectivity index (χ1n) is 10.7. The predicted octanol–water partition coefficient (Wildman–Crippen LogP) is 6.48. The first kappa shape index (κ1) is 25.0. The molecule has 0 bridgehead atoms. The minimum atomic E-state index is -0.721. The average Bonchev–Trinajstić information content (AvgIpc) is 2.93. The van der Waals surface area contributed by atoms with Crippen LogP contribution in [0.3, 0.4) is 0 Å². The standard InChI is InChI=1S/C28H18O6S2/c29-25(19-7-3-1-4-8-19)33-27(31)21-11-15-23(16-12-21)35-36-24-17-13-22(14-18-24)28(32)34-26(30)20-9-5-2-6-10-20/h1-18H. The summed E-state index contributed by atoms with van der Waals surface area (Å²) >= 11 is 0. The van der Waals surface area contributed by atoms with Crippen molar-refractivity contribution < 1.29 is 28.7 Å². The third kappa shape index (κ3) is 6.71. The lowest BCUT2D eigenvalue weighted by atomic mass is 10.2. The van der Waals surface area contributed by atoms with Crippen molar-refractivity contribution in [3.05, 3.63) is 131 Å². The van der Waals surface area contributed by atoms with Crippen LogP contribution < -0.4 is 0 Å². The van der Waals surface area contributed by atoms with E-state index in [0.29, 0.717) is 11.1 Å². The Morgan fingerprint density at radius 2 is 0.667 bits per heavy atom. The Morgan fingerprint density at radius 3 is 0.972 bits per heavy atom. The van der Waals surface area contributed by atoms with Gasteiger partial charge in [0.05, 0.1) is 22.3 Å². The molecule has 4 aromatic carbocycles. The molecule has 0 unspecified atom stereocenters. The minimum absolute atomic E-state index is 0.265. The van der Waals surface area contributed by atoms with Crippen molar-refractivity contribution in [2.45, 2.75) is 9.79 Å². The molecule has 0 saturated heterocycles. The second kappa shape index (κ2) is 12.0. The van der Waals surface area contributed by atoms with Crippen molar-refractivity contribution >= 4 is 45.5 Å². The summed E-state index contributed by atoms with van der Waals surface area (Å²) in [5, 5.41) is 0. The molecule has 6 nitrogen and oxygen atoms in total. The van der Waals surface area contributed by atoms with Crippen LogP contribution >= 0.6 is 21.6 Å². The Bertz CT molecular complexity index is 1260. The molecule has 0 fully saturated rings. The highest BCUT2D eigenvalue weighted by Crippen LogP contribution is 2.37. The van der Waals surface area contributed by atoms with Gasteiger partial charge >= 0.3 is 23.9 Å². The minimum Gasteiger partial charge on any atom is -0.386 e. The monoisotopic (exact) mass is 514 g/mol. The van der Waals surface area contributed by atoms with Crippen LogP contribution in [-0.2, 0) is 9.47 Å². The van der Waals surface area contributed by atoms with E-state index < -0.39 is 23.9 Å². The summed E-state index contributed by atoms with van der Waals surface area (Å²) in [6, 6.07) is 30.0. The van der Waals surface area contributed by atoms with Crippen LogP contribution in [0.2, 0.25) is 0 Å². The normalized spacial score (nSPS) is 10.3. The maximum atomic E-state index is 12.2. The van der Waals surface area contributed by atoms with Crippen LogP contribution in [0.4, 0.5) is 0 Å². The second-order valence-electron chi connectivity index (χ2n) is 7.30. The Hall–Kier alpha value is -4.14. The van der Waals surface area contributed by atoms with E-state index in [4.69, 9.17) is 9.47 Å². The molecule has 0 aliphatic carbocycles. The molecule has 36 heavy (non-hydrogen) atoms. The molecule has 0 heterocycles. The summed E-state index contributed by atoms with van der Waals surface area (Å²) in [6.45, 7) is 0. The van der Waals surface area contributed by atoms with Crippen LogP contribution in [0.25, 0.3) is 0 Å². The topological polar surface area (TPSA) is 86.7 Å². The quantitative estimate of drug-likeness (QED) is 0.157. The number of carbonyl (C=O) groups excluding carboxylic acids is 4. The van der Waals surface area contributed by atoms with Gasteiger partial charge in [0.25, 0.3) is 0 Å². The van der Waals surface area contributed by atoms with E-state index in [1.807, 2.05) is 0 Å². The number of rotatable bonds is 7. The lowest BCUT2D eigenvalue weighted by Crippen LogP contribution is -2.12. The van der Waals surface area contributed by atoms with E-state index in [-0.39, 0.29) is 11.1 Å². The maximum absolute atomic E-state index is 12.2. The Kier molecular flexibility index (Phi) is 8.33. The van der Waals surface area contributed by atoms with E-state index in [9.17, 15) is 19.2 Å². The van der Waals surface area contributed by atoms with Crippen LogP contribution in [0.1, 0.15) is 41.4 Å². The summed E-state index contributed by atoms with van der Waals surface area (Å²) in [5.74, 6) is -2.85. The number of hydrogen-bond acceptors (Lipinski definition) is 8. The lowest BCUT2D eigenvalue weighted by Gasteiger charge is -2.06. The highest BCUT2D eigenvalue weighted by atomic mass is 33.1. The third-order valence-electron chi connectivity index (χ3n) is 4.80. The van der Waals surface area contributed by atoms with Crippen molar-refractivity contribution in [2.24, 2.45) is 0 Å². The molecule has 0 atom stereocenters. The van der Waals surface area contributed by atoms with E-state index in [0.717, 1.165) is 9.79 Å². The molecular formula is C28H18O6S2. The zero-order chi connectivity index (χ0) is 25.3. The highest BCUT2D eigenvalue weighted by molar-refractivity contribution is 8.76. The van der Waals surface area contributed by atoms with Crippen LogP contribution in [-0.4, -0.2) is 23.9 Å². The van der Waals surface area contributed by atoms with Gasteiger partial charge in [-0.25, -0.2) is 19.2 Å². The molecule has 0 spiro atoms. The van der Waals surface area contributed by atoms with Gasteiger partial charge in [0.15, 0.2) is 0 Å². The van der Waals surface area contributed by atoms with Crippen LogP contribution in [0.15, 0.2) is 119 Å². The van der Waals surface area contributed by atoms with E-state index in [2.05, 4.69) is 0 Å². The fraction of sp³-hybridized carbons (Fsp3) is 0. The van der Waals surface area contributed by atoms with Gasteiger partial charge in [0, 0.05) is 9.79 Å². The van der Waals surface area contributed by atoms with E-state index in [1.54, 1.807) is 109 Å². The van der Waals surface area contributed by atoms with Crippen LogP contribution in [0, 0.1) is 0 Å². The van der Waals surface area contributed by atoms with Gasteiger partial charge in [-0.1, -0.05) is 58.0 Å². The summed E-state index contributed by atoms with van der Waals surface area (Å²) in [7, 11) is 2.91. The Morgan fingerprint density at radius 1 is 0.389 bits per heavy atom. The Balaban J connectivity index is 1.28. The van der Waals surface area contributed by atoms with Crippen molar-refractivity contribution in [3.8, 4) is 0 Å². The SMILES string of the molecule is O=C(OC(=O)c1ccc(SSc2ccc(C(=O)OC(=O)c3ccccc3)cc2)cc1)c1ccccc1. The molecule has 0 saturated carbocycles. The van der Waals surface area contributed by atoms with Crippen LogP contribution in [0.5, 0.6) is 0 Å². The summed E-state index contributed by atoms with van der Waals surface area (Å²) in [6.07, 6.45) is 0. The molecule has 0 N–H and O–H groups in total. The summed E-state index contributed by atoms with van der Waals surface area (Å²) < 4.78 is 9.85. The molecule has 8 heteroatoms. The van der Waals surface area contributed by atoms with Crippen molar-refractivity contribution in [1.82, 2.24) is 0 Å². The highest BCUT2D eigenvalue weighted by Gasteiger charge is 2.16. The molecule has 0 amide bonds. The van der Waals surface area contributed by atoms with E-state index in [1.165, 1.54) is 21.6 Å². The number of benzene rings is 4. The number of ether oxygens (including phenoxy) is 2. The molecular weight excluding hydrogens is 496 g/mol. The lowest BCUT2D eigenvalue weighted by molar-refractivity contribution is 0.0380. The number of carbonyl (C=O) groups is 4. The Labute approximate surface area is 215 Å². The average molecular weight is 515 g/mol. The van der Waals surface area contributed by atoms with Crippen molar-refractivity contribution in [2.75, 3.05) is 0 Å². The summed E-state index contributed by atoms with van der Waals surface area (Å²) in [4.78, 5) is 50.3. The molecule has 0 aliphatic heterocycles. The largest absolute Gasteiger partial charge is 0.386 e. The van der Waals surface area contributed by atoms with Crippen molar-refractivity contribution in [1.29, 1.82) is 0 Å². The smallest absolute Gasteiger partial charge is 0.346 e. The summed E-state index contributed by atoms with van der Waals surface area (Å²) in [5.41, 5.74) is 1.14. The van der Waals surface area contributed by atoms with Gasteiger partial charge in [-0.2, -0.15) is 0 Å². The van der Waals surface area contributed by atoms with Gasteiger partial charge < -0.3 is 9.47 Å². The fourth-order valence-electron chi connectivity index (χ4n) is 2.94. The third-order valence-corrected chi connectivity index (χ3v) is 7.22. The number of esters is 4. The molecule has 0 aromatic heterocycles. The molecule has 0 radical (unpaired) electrons. The van der Waals surface area contributed by atoms with Gasteiger partial charge in [0.1, 0.15) is 0 Å². The molecule has 4 aromatic rings. The van der Waals surface area contributed by atoms with Gasteiger partial charge in [-0.05, 0) is 72.8 Å².